The quantitative estimate of drug-likeness (QED) is 0.580. The topological polar surface area (TPSA) is 72.2 Å². The highest BCUT2D eigenvalue weighted by Gasteiger charge is 2.13. The second-order valence-corrected chi connectivity index (χ2v) is 3.85. The minimum atomic E-state index is -0.867. The van der Waals surface area contributed by atoms with Crippen molar-refractivity contribution in [1.29, 1.82) is 0 Å². The Kier molecular flexibility index (Phi) is 4.31. The lowest BCUT2D eigenvalue weighted by molar-refractivity contribution is 0.342. The predicted octanol–water partition coefficient (Wildman–Crippen LogP) is 2.79. The lowest BCUT2D eigenvalue weighted by Crippen LogP contribution is -2.12. The number of pyridine rings is 1. The Morgan fingerprint density at radius 1 is 1.20 bits per heavy atom. The highest BCUT2D eigenvalue weighted by Crippen LogP contribution is 2.28. The van der Waals surface area contributed by atoms with Gasteiger partial charge in [0.15, 0.2) is 23.3 Å². The number of benzene rings is 1. The van der Waals surface area contributed by atoms with Gasteiger partial charge in [-0.1, -0.05) is 12.1 Å². The number of aromatic nitrogens is 1. The Morgan fingerprint density at radius 2 is 1.90 bits per heavy atom. The Morgan fingerprint density at radius 3 is 2.60 bits per heavy atom. The number of ether oxygens (including phenoxy) is 1. The Labute approximate surface area is 114 Å². The van der Waals surface area contributed by atoms with Crippen LogP contribution in [0, 0.1) is 11.6 Å². The molecule has 1 aromatic carbocycles. The van der Waals surface area contributed by atoms with Crippen LogP contribution in [-0.2, 0) is 0 Å². The molecule has 1 aromatic heterocycles. The van der Waals surface area contributed by atoms with E-state index in [9.17, 15) is 8.78 Å². The molecule has 0 saturated carbocycles. The molecule has 0 amide bonds. The average Bonchev–Trinajstić information content (AvgIpc) is 2.44. The fourth-order valence-electron chi connectivity index (χ4n) is 1.63. The van der Waals surface area contributed by atoms with E-state index in [0.29, 0.717) is 24.1 Å². The van der Waals surface area contributed by atoms with Crippen LogP contribution in [0.15, 0.2) is 30.3 Å². The number of nitrogens with one attached hydrogen (secondary N) is 2. The van der Waals surface area contributed by atoms with E-state index < -0.39 is 11.6 Å². The van der Waals surface area contributed by atoms with Crippen LogP contribution in [0.25, 0.3) is 0 Å². The zero-order chi connectivity index (χ0) is 14.5. The summed E-state index contributed by atoms with van der Waals surface area (Å²) in [4.78, 5) is 3.73. The van der Waals surface area contributed by atoms with Crippen LogP contribution in [0.4, 0.5) is 26.1 Å². The number of nitrogen functional groups attached to an aromatic ring is 1. The molecule has 0 bridgehead atoms. The first kappa shape index (κ1) is 14.0. The number of anilines is 3. The van der Waals surface area contributed by atoms with Gasteiger partial charge in [-0.3, -0.25) is 0 Å². The molecule has 106 valence electrons. The lowest BCUT2D eigenvalue weighted by Gasteiger charge is -2.13. The molecule has 0 atom stereocenters. The second-order valence-electron chi connectivity index (χ2n) is 3.85. The summed E-state index contributed by atoms with van der Waals surface area (Å²) in [7, 11) is 0. The monoisotopic (exact) mass is 280 g/mol. The zero-order valence-corrected chi connectivity index (χ0v) is 10.8. The molecular weight excluding hydrogens is 266 g/mol. The molecule has 5 nitrogen and oxygen atoms in total. The summed E-state index contributed by atoms with van der Waals surface area (Å²) in [5, 5.41) is 2.75. The number of rotatable bonds is 5. The zero-order valence-electron chi connectivity index (χ0n) is 10.8. The maximum absolute atomic E-state index is 13.7. The summed E-state index contributed by atoms with van der Waals surface area (Å²) >= 11 is 0. The molecule has 0 radical (unpaired) electrons. The Bertz CT molecular complexity index is 607. The van der Waals surface area contributed by atoms with E-state index in [-0.39, 0.29) is 11.6 Å². The molecule has 20 heavy (non-hydrogen) atoms. The third kappa shape index (κ3) is 2.94. The summed E-state index contributed by atoms with van der Waals surface area (Å²) in [5.41, 5.74) is 2.59. The largest absolute Gasteiger partial charge is 0.492 e. The van der Waals surface area contributed by atoms with Gasteiger partial charge in [0.1, 0.15) is 5.75 Å². The number of halogens is 2. The molecule has 0 fully saturated rings. The van der Waals surface area contributed by atoms with Crippen molar-refractivity contribution in [3.8, 4) is 5.75 Å². The molecule has 1 heterocycles. The van der Waals surface area contributed by atoms with E-state index in [0.717, 1.165) is 0 Å². The summed E-state index contributed by atoms with van der Waals surface area (Å²) < 4.78 is 32.4. The van der Waals surface area contributed by atoms with Gasteiger partial charge in [0, 0.05) is 6.07 Å². The summed E-state index contributed by atoms with van der Waals surface area (Å²) in [6.45, 7) is 2.30. The first-order valence-electron chi connectivity index (χ1n) is 5.97. The highest BCUT2D eigenvalue weighted by molar-refractivity contribution is 5.65. The normalized spacial score (nSPS) is 10.2. The van der Waals surface area contributed by atoms with Crippen LogP contribution in [0.1, 0.15) is 6.92 Å². The van der Waals surface area contributed by atoms with Crippen LogP contribution in [0.2, 0.25) is 0 Å². The van der Waals surface area contributed by atoms with Crippen molar-refractivity contribution in [2.24, 2.45) is 5.84 Å². The van der Waals surface area contributed by atoms with Gasteiger partial charge in [-0.2, -0.15) is 0 Å². The fourth-order valence-corrected chi connectivity index (χ4v) is 1.63. The number of para-hydroxylation sites is 2. The lowest BCUT2D eigenvalue weighted by atomic mass is 10.3. The van der Waals surface area contributed by atoms with Crippen LogP contribution in [0.5, 0.6) is 5.75 Å². The van der Waals surface area contributed by atoms with Gasteiger partial charge >= 0.3 is 0 Å². The maximum atomic E-state index is 13.7. The summed E-state index contributed by atoms with van der Waals surface area (Å²) in [6.07, 6.45) is 0. The van der Waals surface area contributed by atoms with Crippen LogP contribution < -0.4 is 21.3 Å². The second kappa shape index (κ2) is 6.16. The average molecular weight is 280 g/mol. The van der Waals surface area contributed by atoms with Crippen molar-refractivity contribution in [3.05, 3.63) is 42.0 Å². The molecule has 7 heteroatoms. The molecule has 0 saturated heterocycles. The van der Waals surface area contributed by atoms with Crippen LogP contribution in [-0.4, -0.2) is 11.6 Å². The molecule has 0 unspecified atom stereocenters. The number of hydrazine groups is 1. The molecule has 2 rings (SSSR count). The third-order valence-electron chi connectivity index (χ3n) is 2.51. The van der Waals surface area contributed by atoms with Crippen molar-refractivity contribution < 1.29 is 13.5 Å². The number of hydrogen-bond donors (Lipinski definition) is 3. The SMILES string of the molecule is CCOc1ccccc1Nc1nc(NN)c(F)cc1F. The van der Waals surface area contributed by atoms with Gasteiger partial charge in [-0.05, 0) is 19.1 Å². The number of hydrogen-bond acceptors (Lipinski definition) is 5. The van der Waals surface area contributed by atoms with Gasteiger partial charge in [0.2, 0.25) is 0 Å². The molecule has 2 aromatic rings. The highest BCUT2D eigenvalue weighted by atomic mass is 19.1. The van der Waals surface area contributed by atoms with E-state index in [1.54, 1.807) is 24.3 Å². The summed E-state index contributed by atoms with van der Waals surface area (Å²) in [5.74, 6) is 3.57. The molecule has 0 aliphatic heterocycles. The van der Waals surface area contributed by atoms with Crippen molar-refractivity contribution in [3.63, 3.8) is 0 Å². The van der Waals surface area contributed by atoms with Crippen LogP contribution in [0.3, 0.4) is 0 Å². The first-order valence-corrected chi connectivity index (χ1v) is 5.97. The number of nitrogens with zero attached hydrogens (tertiary/aromatic N) is 1. The van der Waals surface area contributed by atoms with E-state index in [1.807, 2.05) is 6.92 Å². The van der Waals surface area contributed by atoms with E-state index >= 15 is 0 Å². The van der Waals surface area contributed by atoms with Crippen molar-refractivity contribution in [2.45, 2.75) is 6.92 Å². The molecule has 0 aliphatic rings. The van der Waals surface area contributed by atoms with Gasteiger partial charge in [0.05, 0.1) is 12.3 Å². The van der Waals surface area contributed by atoms with Crippen molar-refractivity contribution >= 4 is 17.3 Å². The van der Waals surface area contributed by atoms with E-state index in [2.05, 4.69) is 15.7 Å². The molecular formula is C13H14F2N4O. The van der Waals surface area contributed by atoms with Gasteiger partial charge < -0.3 is 15.5 Å². The van der Waals surface area contributed by atoms with Gasteiger partial charge in [-0.15, -0.1) is 0 Å². The van der Waals surface area contributed by atoms with E-state index in [1.165, 1.54) is 0 Å². The molecule has 4 N–H and O–H groups in total. The maximum Gasteiger partial charge on any atom is 0.178 e. The smallest absolute Gasteiger partial charge is 0.178 e. The minimum absolute atomic E-state index is 0.147. The van der Waals surface area contributed by atoms with Crippen molar-refractivity contribution in [1.82, 2.24) is 4.98 Å². The molecule has 0 spiro atoms. The standard InChI is InChI=1S/C13H14F2N4O/c1-2-20-11-6-4-3-5-10(11)17-12-8(14)7-9(15)13(18-12)19-16/h3-7H,2,16H2,1H3,(H2,17,18,19). The Balaban J connectivity index is 2.35. The van der Waals surface area contributed by atoms with Gasteiger partial charge in [0.25, 0.3) is 0 Å². The predicted molar refractivity (Wildman–Crippen MR) is 72.9 cm³/mol. The first-order chi connectivity index (χ1) is 9.65. The third-order valence-corrected chi connectivity index (χ3v) is 2.51. The van der Waals surface area contributed by atoms with Gasteiger partial charge in [-0.25, -0.2) is 19.6 Å². The minimum Gasteiger partial charge on any atom is -0.492 e. The fraction of sp³-hybridized carbons (Fsp3) is 0.154. The van der Waals surface area contributed by atoms with Crippen molar-refractivity contribution in [2.75, 3.05) is 17.3 Å². The summed E-state index contributed by atoms with van der Waals surface area (Å²) in [6, 6.07) is 7.68. The van der Waals surface area contributed by atoms with Crippen LogP contribution >= 0.6 is 0 Å². The Hall–Kier alpha value is -2.41. The van der Waals surface area contributed by atoms with E-state index in [4.69, 9.17) is 10.6 Å². The number of nitrogens with two attached hydrogens (primary N) is 1. The molecule has 0 aliphatic carbocycles.